The fourth-order valence-corrected chi connectivity index (χ4v) is 1.88. The highest BCUT2D eigenvalue weighted by atomic mass is 16.4. The lowest BCUT2D eigenvalue weighted by Gasteiger charge is -2.11. The molecule has 0 radical (unpaired) electrons. The largest absolute Gasteiger partial charge is 0.507 e. The van der Waals surface area contributed by atoms with E-state index in [2.05, 4.69) is 10.6 Å². The zero-order valence-electron chi connectivity index (χ0n) is 12.0. The van der Waals surface area contributed by atoms with E-state index >= 15 is 0 Å². The Bertz CT molecular complexity index is 539. The molecule has 0 saturated carbocycles. The summed E-state index contributed by atoms with van der Waals surface area (Å²) in [7, 11) is 0. The van der Waals surface area contributed by atoms with Crippen LogP contribution in [-0.4, -0.2) is 16.2 Å². The Morgan fingerprint density at radius 1 is 1.33 bits per heavy atom. The van der Waals surface area contributed by atoms with E-state index in [-0.39, 0.29) is 11.3 Å². The van der Waals surface area contributed by atoms with Crippen LogP contribution in [0.5, 0.6) is 5.75 Å². The van der Waals surface area contributed by atoms with E-state index < -0.39 is 5.97 Å². The van der Waals surface area contributed by atoms with Gasteiger partial charge in [-0.3, -0.25) is 0 Å². The molecule has 0 unspecified atom stereocenters. The molecule has 0 amide bonds. The van der Waals surface area contributed by atoms with E-state index in [9.17, 15) is 9.90 Å². The van der Waals surface area contributed by atoms with Gasteiger partial charge in [-0.15, -0.1) is 0 Å². The summed E-state index contributed by atoms with van der Waals surface area (Å²) in [5.41, 5.74) is 6.55. The number of aromatic carboxylic acids is 1. The molecule has 0 aromatic heterocycles. The number of aryl methyl sites for hydroxylation is 1. The fraction of sp³-hybridized carbons (Fsp3) is 0.267. The van der Waals surface area contributed by atoms with Crippen LogP contribution in [0, 0.1) is 0 Å². The lowest BCUT2D eigenvalue weighted by atomic mass is 10.0. The molecule has 0 bridgehead atoms. The average Bonchev–Trinajstić information content (AvgIpc) is 2.45. The minimum absolute atomic E-state index is 0.0640. The molecular formula is C15H21N3O3. The predicted molar refractivity (Wildman–Crippen MR) is 81.5 cm³/mol. The monoisotopic (exact) mass is 291 g/mol. The Hall–Kier alpha value is -2.63. The van der Waals surface area contributed by atoms with Gasteiger partial charge >= 0.3 is 5.97 Å². The normalized spacial score (nSPS) is 11.1. The van der Waals surface area contributed by atoms with Gasteiger partial charge in [-0.25, -0.2) is 4.79 Å². The van der Waals surface area contributed by atoms with Gasteiger partial charge in [-0.2, -0.15) is 0 Å². The van der Waals surface area contributed by atoms with E-state index in [0.717, 1.165) is 18.4 Å². The van der Waals surface area contributed by atoms with Crippen molar-refractivity contribution in [1.82, 2.24) is 10.6 Å². The first kappa shape index (κ1) is 16.4. The minimum atomic E-state index is -1.13. The molecule has 0 aliphatic heterocycles. The van der Waals surface area contributed by atoms with Crippen molar-refractivity contribution in [2.24, 2.45) is 5.73 Å². The number of hydrogen-bond acceptors (Lipinski definition) is 5. The third-order valence-corrected chi connectivity index (χ3v) is 2.80. The molecule has 6 N–H and O–H groups in total. The molecule has 0 aliphatic rings. The second kappa shape index (κ2) is 8.52. The topological polar surface area (TPSA) is 108 Å². The number of nitrogens with two attached hydrogens (primary N) is 1. The van der Waals surface area contributed by atoms with Crippen LogP contribution in [0.15, 0.2) is 36.9 Å². The van der Waals surface area contributed by atoms with E-state index in [1.54, 1.807) is 18.6 Å². The summed E-state index contributed by atoms with van der Waals surface area (Å²) in [6.45, 7) is 2.35. The van der Waals surface area contributed by atoms with Crippen LogP contribution >= 0.6 is 0 Å². The molecule has 0 saturated heterocycles. The van der Waals surface area contributed by atoms with Crippen LogP contribution in [0.3, 0.4) is 0 Å². The quantitative estimate of drug-likeness (QED) is 0.498. The average molecular weight is 291 g/mol. The van der Waals surface area contributed by atoms with Gasteiger partial charge in [-0.05, 0) is 18.1 Å². The van der Waals surface area contributed by atoms with Crippen molar-refractivity contribution >= 4 is 5.97 Å². The molecule has 1 aromatic rings. The first-order valence-corrected chi connectivity index (χ1v) is 6.69. The number of carbonyl (C=O) groups is 1. The Kier molecular flexibility index (Phi) is 6.67. The Labute approximate surface area is 124 Å². The number of phenols is 1. The van der Waals surface area contributed by atoms with E-state index in [1.807, 2.05) is 13.0 Å². The van der Waals surface area contributed by atoms with Crippen molar-refractivity contribution in [2.45, 2.75) is 26.3 Å². The van der Waals surface area contributed by atoms with Crippen molar-refractivity contribution in [3.05, 3.63) is 53.6 Å². The van der Waals surface area contributed by atoms with Crippen LogP contribution < -0.4 is 16.4 Å². The summed E-state index contributed by atoms with van der Waals surface area (Å²) in [6, 6.07) is 3.34. The van der Waals surface area contributed by atoms with Gasteiger partial charge in [0.1, 0.15) is 11.3 Å². The van der Waals surface area contributed by atoms with Gasteiger partial charge in [0.2, 0.25) is 0 Å². The number of hydrogen-bond donors (Lipinski definition) is 5. The summed E-state index contributed by atoms with van der Waals surface area (Å²) < 4.78 is 0. The smallest absolute Gasteiger partial charge is 0.339 e. The Balaban J connectivity index is 2.84. The zero-order valence-corrected chi connectivity index (χ0v) is 12.0. The van der Waals surface area contributed by atoms with Crippen LogP contribution in [0.1, 0.15) is 34.8 Å². The number of carboxylic acids is 1. The van der Waals surface area contributed by atoms with E-state index in [4.69, 9.17) is 10.8 Å². The zero-order chi connectivity index (χ0) is 15.7. The molecule has 1 aromatic carbocycles. The van der Waals surface area contributed by atoms with Crippen molar-refractivity contribution in [2.75, 3.05) is 0 Å². The highest BCUT2D eigenvalue weighted by Crippen LogP contribution is 2.25. The summed E-state index contributed by atoms with van der Waals surface area (Å²) in [5.74, 6) is -1.32. The molecule has 114 valence electrons. The molecule has 21 heavy (non-hydrogen) atoms. The molecule has 6 nitrogen and oxygen atoms in total. The van der Waals surface area contributed by atoms with Gasteiger partial charge in [0.15, 0.2) is 0 Å². The molecule has 0 atom stereocenters. The number of aromatic hydroxyl groups is 1. The first-order valence-electron chi connectivity index (χ1n) is 6.69. The molecule has 0 fully saturated rings. The van der Waals surface area contributed by atoms with Gasteiger partial charge in [0.05, 0.1) is 0 Å². The van der Waals surface area contributed by atoms with Crippen molar-refractivity contribution in [3.8, 4) is 5.75 Å². The van der Waals surface area contributed by atoms with Gasteiger partial charge < -0.3 is 26.6 Å². The van der Waals surface area contributed by atoms with Crippen LogP contribution in [0.2, 0.25) is 0 Å². The second-order valence-electron chi connectivity index (χ2n) is 4.45. The van der Waals surface area contributed by atoms with E-state index in [1.165, 1.54) is 12.3 Å². The fourth-order valence-electron chi connectivity index (χ4n) is 1.88. The standard InChI is InChI=1S/C15H21N3O3/c1-2-3-11-8-12(10-18-7-6-17-5-4-16)14(19)13(9-11)15(20)21/h4-9,17-19H,2-3,10,16H2,1H3,(H,20,21)/b5-4+,7-6+. The first-order chi connectivity index (χ1) is 10.1. The maximum absolute atomic E-state index is 11.2. The van der Waals surface area contributed by atoms with Crippen LogP contribution in [0.4, 0.5) is 0 Å². The summed E-state index contributed by atoms with van der Waals surface area (Å²) in [4.78, 5) is 11.2. The van der Waals surface area contributed by atoms with E-state index in [0.29, 0.717) is 12.1 Å². The molecule has 0 spiro atoms. The van der Waals surface area contributed by atoms with Gasteiger partial charge in [-0.1, -0.05) is 19.4 Å². The maximum Gasteiger partial charge on any atom is 0.339 e. The number of rotatable bonds is 8. The van der Waals surface area contributed by atoms with Crippen LogP contribution in [0.25, 0.3) is 0 Å². The van der Waals surface area contributed by atoms with Crippen molar-refractivity contribution in [1.29, 1.82) is 0 Å². The SMILES string of the molecule is CCCc1cc(CN/C=C/N/C=C/N)c(O)c(C(=O)O)c1. The summed E-state index contributed by atoms with van der Waals surface area (Å²) in [5, 5.41) is 24.9. The summed E-state index contributed by atoms with van der Waals surface area (Å²) in [6.07, 6.45) is 7.88. The Morgan fingerprint density at radius 2 is 2.10 bits per heavy atom. The lowest BCUT2D eigenvalue weighted by molar-refractivity contribution is 0.0693. The van der Waals surface area contributed by atoms with Crippen molar-refractivity contribution in [3.63, 3.8) is 0 Å². The highest BCUT2D eigenvalue weighted by Gasteiger charge is 2.14. The van der Waals surface area contributed by atoms with Crippen molar-refractivity contribution < 1.29 is 15.0 Å². The highest BCUT2D eigenvalue weighted by molar-refractivity contribution is 5.91. The molecule has 0 aliphatic carbocycles. The predicted octanol–water partition coefficient (Wildman–Crippen LogP) is 1.62. The molecule has 0 heterocycles. The summed E-state index contributed by atoms with van der Waals surface area (Å²) >= 11 is 0. The number of carboxylic acid groups (broad SMARTS) is 1. The third kappa shape index (κ3) is 5.10. The number of nitrogens with one attached hydrogen (secondary N) is 2. The minimum Gasteiger partial charge on any atom is -0.507 e. The Morgan fingerprint density at radius 3 is 2.71 bits per heavy atom. The second-order valence-corrected chi connectivity index (χ2v) is 4.45. The lowest BCUT2D eigenvalue weighted by Crippen LogP contribution is -2.09. The third-order valence-electron chi connectivity index (χ3n) is 2.80. The number of benzene rings is 1. The van der Waals surface area contributed by atoms with Gasteiger partial charge in [0.25, 0.3) is 0 Å². The molecular weight excluding hydrogens is 270 g/mol. The molecule has 1 rings (SSSR count). The van der Waals surface area contributed by atoms with Gasteiger partial charge in [0, 0.05) is 36.9 Å². The maximum atomic E-state index is 11.2. The van der Waals surface area contributed by atoms with Crippen LogP contribution in [-0.2, 0) is 13.0 Å². The molecule has 6 heteroatoms.